The van der Waals surface area contributed by atoms with E-state index >= 15 is 0 Å². The lowest BCUT2D eigenvalue weighted by molar-refractivity contribution is -0.392. The summed E-state index contributed by atoms with van der Waals surface area (Å²) in [6.45, 7) is 0. The molecule has 0 unspecified atom stereocenters. The molecule has 2 aromatic rings. The summed E-state index contributed by atoms with van der Waals surface area (Å²) in [5.74, 6) is -1.20. The molecule has 100 valence electrons. The van der Waals surface area contributed by atoms with Gasteiger partial charge in [0.1, 0.15) is 0 Å². The number of nitrogens with zero attached hydrogens (tertiary/aromatic N) is 4. The summed E-state index contributed by atoms with van der Waals surface area (Å²) in [6, 6.07) is 0. The van der Waals surface area contributed by atoms with Crippen LogP contribution in [-0.4, -0.2) is 30.5 Å². The Hall–Kier alpha value is -1.94. The summed E-state index contributed by atoms with van der Waals surface area (Å²) >= 11 is 2.34. The van der Waals surface area contributed by atoms with Crippen LogP contribution in [0.2, 0.25) is 0 Å². The van der Waals surface area contributed by atoms with Gasteiger partial charge in [-0.3, -0.25) is 4.79 Å². The number of nitro groups is 1. The van der Waals surface area contributed by atoms with Gasteiger partial charge in [0.25, 0.3) is 0 Å². The first kappa shape index (κ1) is 13.5. The molecule has 0 aliphatic rings. The van der Waals surface area contributed by atoms with Crippen molar-refractivity contribution in [3.05, 3.63) is 27.5 Å². The van der Waals surface area contributed by atoms with Gasteiger partial charge in [-0.05, 0) is 21.7 Å². The largest absolute Gasteiger partial charge is 0.481 e. The number of aromatic nitrogens is 3. The van der Waals surface area contributed by atoms with Crippen molar-refractivity contribution in [2.75, 3.05) is 0 Å². The zero-order chi connectivity index (χ0) is 14.0. The molecular formula is C9H8N4O4S2. The van der Waals surface area contributed by atoms with Gasteiger partial charge in [0, 0.05) is 12.4 Å². The summed E-state index contributed by atoms with van der Waals surface area (Å²) in [5.41, 5.74) is 0.435. The fraction of sp³-hybridized carbons (Fsp3) is 0.222. The van der Waals surface area contributed by atoms with E-state index in [0.717, 1.165) is 11.8 Å². The monoisotopic (exact) mass is 300 g/mol. The number of rotatable bonds is 5. The lowest BCUT2D eigenvalue weighted by Gasteiger charge is -1.98. The topological polar surface area (TPSA) is 111 Å². The van der Waals surface area contributed by atoms with E-state index in [9.17, 15) is 14.9 Å². The van der Waals surface area contributed by atoms with Crippen molar-refractivity contribution < 1.29 is 14.8 Å². The third-order valence-electron chi connectivity index (χ3n) is 2.08. The van der Waals surface area contributed by atoms with Crippen molar-refractivity contribution in [3.8, 4) is 0 Å². The molecule has 0 bridgehead atoms. The molecule has 0 aliphatic heterocycles. The Bertz CT molecular complexity index is 636. The van der Waals surface area contributed by atoms with Crippen molar-refractivity contribution in [1.29, 1.82) is 0 Å². The highest BCUT2D eigenvalue weighted by molar-refractivity contribution is 8.01. The molecule has 0 atom stereocenters. The highest BCUT2D eigenvalue weighted by Crippen LogP contribution is 2.35. The molecule has 0 spiro atoms. The summed E-state index contributed by atoms with van der Waals surface area (Å²) in [7, 11) is 1.65. The summed E-state index contributed by atoms with van der Waals surface area (Å²) in [6.07, 6.45) is 1.19. The fourth-order valence-electron chi connectivity index (χ4n) is 1.30. The molecular weight excluding hydrogens is 292 g/mol. The van der Waals surface area contributed by atoms with Crippen molar-refractivity contribution in [1.82, 2.24) is 14.5 Å². The highest BCUT2D eigenvalue weighted by atomic mass is 32.2. The van der Waals surface area contributed by atoms with Crippen LogP contribution in [0.1, 0.15) is 5.69 Å². The predicted molar refractivity (Wildman–Crippen MR) is 67.4 cm³/mol. The van der Waals surface area contributed by atoms with Crippen molar-refractivity contribution in [2.24, 2.45) is 7.05 Å². The quantitative estimate of drug-likeness (QED) is 0.658. The number of carbonyl (C=O) groups is 1. The Morgan fingerprint density at radius 3 is 3.05 bits per heavy atom. The maximum Gasteiger partial charge on any atom is 0.396 e. The standard InChI is InChI=1S/C9H8N4O4S2/c1-12-4-10-7(13(16)17)8(12)19-9-11-5(3-18-9)2-6(14)15/h3-4H,2H2,1H3,(H,14,15). The zero-order valence-corrected chi connectivity index (χ0v) is 11.3. The number of imidazole rings is 1. The minimum Gasteiger partial charge on any atom is -0.481 e. The first-order chi connectivity index (χ1) is 8.97. The second-order valence-electron chi connectivity index (χ2n) is 3.52. The lowest BCUT2D eigenvalue weighted by Crippen LogP contribution is -1.99. The van der Waals surface area contributed by atoms with Gasteiger partial charge in [-0.1, -0.05) is 0 Å². The van der Waals surface area contributed by atoms with Gasteiger partial charge in [0.2, 0.25) is 6.33 Å². The molecule has 8 nitrogen and oxygen atoms in total. The van der Waals surface area contributed by atoms with Crippen LogP contribution in [0.25, 0.3) is 0 Å². The molecule has 10 heteroatoms. The summed E-state index contributed by atoms with van der Waals surface area (Å²) < 4.78 is 2.07. The van der Waals surface area contributed by atoms with E-state index < -0.39 is 10.9 Å². The van der Waals surface area contributed by atoms with Gasteiger partial charge in [-0.15, -0.1) is 11.3 Å². The van der Waals surface area contributed by atoms with Crippen LogP contribution in [0.5, 0.6) is 0 Å². The van der Waals surface area contributed by atoms with E-state index in [0.29, 0.717) is 15.1 Å². The maximum absolute atomic E-state index is 10.8. The van der Waals surface area contributed by atoms with Crippen LogP contribution in [0.3, 0.4) is 0 Å². The molecule has 0 fully saturated rings. The number of carboxylic acid groups (broad SMARTS) is 1. The van der Waals surface area contributed by atoms with Crippen LogP contribution < -0.4 is 0 Å². The number of aryl methyl sites for hydroxylation is 1. The van der Waals surface area contributed by atoms with E-state index in [1.807, 2.05) is 0 Å². The van der Waals surface area contributed by atoms with Crippen molar-refractivity contribution >= 4 is 34.9 Å². The fourth-order valence-corrected chi connectivity index (χ4v) is 3.16. The Morgan fingerprint density at radius 1 is 1.68 bits per heavy atom. The number of carboxylic acids is 1. The van der Waals surface area contributed by atoms with Crippen LogP contribution in [0.4, 0.5) is 5.82 Å². The average Bonchev–Trinajstić information content (AvgIpc) is 2.87. The van der Waals surface area contributed by atoms with E-state index in [-0.39, 0.29) is 12.2 Å². The van der Waals surface area contributed by atoms with Gasteiger partial charge in [0.05, 0.1) is 12.1 Å². The second-order valence-corrected chi connectivity index (χ2v) is 5.61. The predicted octanol–water partition coefficient (Wildman–Crippen LogP) is 1.56. The van der Waals surface area contributed by atoms with Crippen molar-refractivity contribution in [3.63, 3.8) is 0 Å². The molecule has 1 N–H and O–H groups in total. The molecule has 0 saturated carbocycles. The average molecular weight is 300 g/mol. The molecule has 0 aromatic carbocycles. The van der Waals surface area contributed by atoms with Gasteiger partial charge in [-0.2, -0.15) is 0 Å². The summed E-state index contributed by atoms with van der Waals surface area (Å²) in [5, 5.41) is 21.4. The van der Waals surface area contributed by atoms with Gasteiger partial charge in [-0.25, -0.2) is 4.98 Å². The van der Waals surface area contributed by atoms with E-state index in [1.54, 1.807) is 12.4 Å². The first-order valence-corrected chi connectivity index (χ1v) is 6.66. The lowest BCUT2D eigenvalue weighted by atomic mass is 10.3. The smallest absolute Gasteiger partial charge is 0.396 e. The Balaban J connectivity index is 2.21. The minimum absolute atomic E-state index is 0.162. The van der Waals surface area contributed by atoms with Crippen LogP contribution >= 0.6 is 23.1 Å². The summed E-state index contributed by atoms with van der Waals surface area (Å²) in [4.78, 5) is 28.6. The van der Waals surface area contributed by atoms with E-state index in [2.05, 4.69) is 9.97 Å². The Morgan fingerprint density at radius 2 is 2.42 bits per heavy atom. The van der Waals surface area contributed by atoms with Gasteiger partial charge >= 0.3 is 11.8 Å². The number of aliphatic carboxylic acids is 1. The normalized spacial score (nSPS) is 10.6. The minimum atomic E-state index is -0.964. The first-order valence-electron chi connectivity index (χ1n) is 4.97. The molecule has 19 heavy (non-hydrogen) atoms. The van der Waals surface area contributed by atoms with Gasteiger partial charge in [0.15, 0.2) is 9.37 Å². The Labute approximate surface area is 115 Å². The van der Waals surface area contributed by atoms with Crippen LogP contribution in [-0.2, 0) is 18.3 Å². The zero-order valence-electron chi connectivity index (χ0n) is 9.64. The maximum atomic E-state index is 10.8. The number of hydrogen-bond acceptors (Lipinski definition) is 7. The second kappa shape index (κ2) is 5.36. The molecule has 0 saturated heterocycles. The van der Waals surface area contributed by atoms with Gasteiger partial charge < -0.3 is 19.8 Å². The highest BCUT2D eigenvalue weighted by Gasteiger charge is 2.22. The third kappa shape index (κ3) is 3.09. The number of hydrogen-bond donors (Lipinski definition) is 1. The van der Waals surface area contributed by atoms with Crippen LogP contribution in [0, 0.1) is 10.1 Å². The molecule has 2 heterocycles. The molecule has 2 aromatic heterocycles. The van der Waals surface area contributed by atoms with Crippen molar-refractivity contribution in [2.45, 2.75) is 15.8 Å². The number of thiazole rings is 1. The molecule has 2 rings (SSSR count). The molecule has 0 aliphatic carbocycles. The van der Waals surface area contributed by atoms with E-state index in [4.69, 9.17) is 5.11 Å². The van der Waals surface area contributed by atoms with E-state index in [1.165, 1.54) is 22.2 Å². The molecule has 0 amide bonds. The van der Waals surface area contributed by atoms with Crippen LogP contribution in [0.15, 0.2) is 21.1 Å². The molecule has 0 radical (unpaired) electrons. The SMILES string of the molecule is Cn1cnc([N+](=O)[O-])c1Sc1nc(CC(=O)O)cs1. The Kier molecular flexibility index (Phi) is 3.81. The third-order valence-corrected chi connectivity index (χ3v) is 4.24.